The van der Waals surface area contributed by atoms with Gasteiger partial charge in [-0.2, -0.15) is 0 Å². The Labute approximate surface area is 118 Å². The first-order chi connectivity index (χ1) is 9.15. The zero-order valence-electron chi connectivity index (χ0n) is 12.4. The lowest BCUT2D eigenvalue weighted by atomic mass is 9.90. The van der Waals surface area contributed by atoms with Gasteiger partial charge in [0, 0.05) is 18.2 Å². The highest BCUT2D eigenvalue weighted by molar-refractivity contribution is 5.89. The maximum absolute atomic E-state index is 11.5. The summed E-state index contributed by atoms with van der Waals surface area (Å²) in [6.07, 6.45) is 0. The number of hydrogen-bond donors (Lipinski definition) is 3. The second-order valence-electron chi connectivity index (χ2n) is 5.66. The summed E-state index contributed by atoms with van der Waals surface area (Å²) < 4.78 is 0. The van der Waals surface area contributed by atoms with Crippen LogP contribution in [-0.2, 0) is 10.2 Å². The molecule has 1 unspecified atom stereocenters. The van der Waals surface area contributed by atoms with Crippen LogP contribution in [0.3, 0.4) is 0 Å². The highest BCUT2D eigenvalue weighted by Gasteiger charge is 2.20. The Morgan fingerprint density at radius 3 is 2.35 bits per heavy atom. The topological polar surface area (TPSA) is 91.3 Å². The minimum atomic E-state index is -1.02. The number of aromatic nitrogens is 1. The van der Waals surface area contributed by atoms with Gasteiger partial charge in [-0.25, -0.2) is 9.78 Å². The third-order valence-corrected chi connectivity index (χ3v) is 2.84. The van der Waals surface area contributed by atoms with Crippen molar-refractivity contribution >= 4 is 17.7 Å². The zero-order valence-corrected chi connectivity index (χ0v) is 12.4. The van der Waals surface area contributed by atoms with Crippen molar-refractivity contribution in [2.75, 3.05) is 12.4 Å². The average Bonchev–Trinajstić information content (AvgIpc) is 2.36. The lowest BCUT2D eigenvalue weighted by Gasteiger charge is -2.20. The number of hydrogen-bond acceptors (Lipinski definition) is 4. The lowest BCUT2D eigenvalue weighted by molar-refractivity contribution is -0.121. The standard InChI is InChI=1S/C14H21N3O3/c1-8(12(18)15-5)16-11-7-9(13(19)20)6-10(17-11)14(2,3)4/h6-8H,1-5H3,(H,15,18)(H,16,17)(H,19,20). The van der Waals surface area contributed by atoms with Gasteiger partial charge in [-0.05, 0) is 19.1 Å². The smallest absolute Gasteiger partial charge is 0.335 e. The van der Waals surface area contributed by atoms with Gasteiger partial charge in [-0.3, -0.25) is 4.79 Å². The Morgan fingerprint density at radius 1 is 1.30 bits per heavy atom. The summed E-state index contributed by atoms with van der Waals surface area (Å²) in [6, 6.07) is 2.49. The number of amides is 1. The van der Waals surface area contributed by atoms with E-state index in [0.717, 1.165) is 0 Å². The zero-order chi connectivity index (χ0) is 15.5. The van der Waals surface area contributed by atoms with Crippen LogP contribution in [0.1, 0.15) is 43.7 Å². The first kappa shape index (κ1) is 15.9. The van der Waals surface area contributed by atoms with Gasteiger partial charge in [0.25, 0.3) is 0 Å². The maximum Gasteiger partial charge on any atom is 0.335 e. The Morgan fingerprint density at radius 2 is 1.90 bits per heavy atom. The van der Waals surface area contributed by atoms with Crippen LogP contribution >= 0.6 is 0 Å². The van der Waals surface area contributed by atoms with Crippen molar-refractivity contribution in [3.05, 3.63) is 23.4 Å². The van der Waals surface area contributed by atoms with E-state index in [1.54, 1.807) is 20.0 Å². The van der Waals surface area contributed by atoms with Crippen LogP contribution in [0.25, 0.3) is 0 Å². The number of nitrogens with zero attached hydrogens (tertiary/aromatic N) is 1. The van der Waals surface area contributed by atoms with Crippen molar-refractivity contribution in [3.63, 3.8) is 0 Å². The number of carbonyl (C=O) groups is 2. The van der Waals surface area contributed by atoms with Crippen LogP contribution in [0, 0.1) is 0 Å². The molecule has 0 saturated carbocycles. The molecule has 0 bridgehead atoms. The number of nitrogens with one attached hydrogen (secondary N) is 2. The van der Waals surface area contributed by atoms with Crippen LogP contribution in [-0.4, -0.2) is 35.1 Å². The Hall–Kier alpha value is -2.11. The highest BCUT2D eigenvalue weighted by atomic mass is 16.4. The maximum atomic E-state index is 11.5. The Bertz CT molecular complexity index is 521. The predicted molar refractivity (Wildman–Crippen MR) is 77.0 cm³/mol. The normalized spacial score (nSPS) is 12.7. The fraction of sp³-hybridized carbons (Fsp3) is 0.500. The van der Waals surface area contributed by atoms with Crippen molar-refractivity contribution in [2.24, 2.45) is 0 Å². The number of carboxylic acid groups (broad SMARTS) is 1. The van der Waals surface area contributed by atoms with Crippen LogP contribution < -0.4 is 10.6 Å². The Balaban J connectivity index is 3.16. The van der Waals surface area contributed by atoms with Gasteiger partial charge in [0.1, 0.15) is 11.9 Å². The number of carbonyl (C=O) groups excluding carboxylic acids is 1. The molecule has 0 aliphatic rings. The minimum absolute atomic E-state index is 0.150. The molecule has 0 radical (unpaired) electrons. The largest absolute Gasteiger partial charge is 0.478 e. The molecule has 0 saturated heterocycles. The van der Waals surface area contributed by atoms with E-state index in [1.807, 2.05) is 20.8 Å². The molecule has 0 aromatic carbocycles. The van der Waals surface area contributed by atoms with E-state index >= 15 is 0 Å². The van der Waals surface area contributed by atoms with Crippen molar-refractivity contribution < 1.29 is 14.7 Å². The van der Waals surface area contributed by atoms with Gasteiger partial charge in [-0.1, -0.05) is 20.8 Å². The van der Waals surface area contributed by atoms with E-state index < -0.39 is 12.0 Å². The molecule has 0 spiro atoms. The fourth-order valence-electron chi connectivity index (χ4n) is 1.62. The van der Waals surface area contributed by atoms with E-state index in [2.05, 4.69) is 15.6 Å². The molecule has 1 aromatic rings. The summed E-state index contributed by atoms with van der Waals surface area (Å²) in [6.45, 7) is 7.54. The third kappa shape index (κ3) is 3.94. The molecule has 110 valence electrons. The molecule has 1 heterocycles. The van der Waals surface area contributed by atoms with Crippen LogP contribution in [0.4, 0.5) is 5.82 Å². The van der Waals surface area contributed by atoms with Crippen LogP contribution in [0.5, 0.6) is 0 Å². The van der Waals surface area contributed by atoms with Gasteiger partial charge in [0.2, 0.25) is 5.91 Å². The SMILES string of the molecule is CNC(=O)C(C)Nc1cc(C(=O)O)cc(C(C)(C)C)n1. The van der Waals surface area contributed by atoms with Crippen molar-refractivity contribution in [3.8, 4) is 0 Å². The number of carboxylic acids is 1. The van der Waals surface area contributed by atoms with Crippen molar-refractivity contribution in [2.45, 2.75) is 39.2 Å². The van der Waals surface area contributed by atoms with Crippen LogP contribution in [0.2, 0.25) is 0 Å². The first-order valence-electron chi connectivity index (χ1n) is 6.39. The minimum Gasteiger partial charge on any atom is -0.478 e. The monoisotopic (exact) mass is 279 g/mol. The molecule has 1 rings (SSSR count). The number of rotatable bonds is 4. The van der Waals surface area contributed by atoms with Gasteiger partial charge < -0.3 is 15.7 Å². The molecule has 20 heavy (non-hydrogen) atoms. The molecular formula is C14H21N3O3. The molecule has 0 aliphatic heterocycles. The summed E-state index contributed by atoms with van der Waals surface area (Å²) in [5.41, 5.74) is 0.526. The summed E-state index contributed by atoms with van der Waals surface area (Å²) >= 11 is 0. The number of aromatic carboxylic acids is 1. The van der Waals surface area contributed by atoms with Gasteiger partial charge in [-0.15, -0.1) is 0 Å². The summed E-state index contributed by atoms with van der Waals surface area (Å²) in [5.74, 6) is -0.829. The average molecular weight is 279 g/mol. The van der Waals surface area contributed by atoms with Crippen molar-refractivity contribution in [1.82, 2.24) is 10.3 Å². The summed E-state index contributed by atoms with van der Waals surface area (Å²) in [4.78, 5) is 27.1. The Kier molecular flexibility index (Phi) is 4.70. The molecule has 6 heteroatoms. The second-order valence-corrected chi connectivity index (χ2v) is 5.66. The van der Waals surface area contributed by atoms with Gasteiger partial charge in [0.15, 0.2) is 0 Å². The van der Waals surface area contributed by atoms with E-state index in [4.69, 9.17) is 5.11 Å². The molecule has 1 aromatic heterocycles. The first-order valence-corrected chi connectivity index (χ1v) is 6.39. The van der Waals surface area contributed by atoms with E-state index in [1.165, 1.54) is 6.07 Å². The van der Waals surface area contributed by atoms with E-state index in [9.17, 15) is 9.59 Å². The molecule has 1 atom stereocenters. The predicted octanol–water partition coefficient (Wildman–Crippen LogP) is 1.62. The molecule has 1 amide bonds. The molecule has 0 fully saturated rings. The van der Waals surface area contributed by atoms with Crippen LogP contribution in [0.15, 0.2) is 12.1 Å². The van der Waals surface area contributed by atoms with Gasteiger partial charge in [0.05, 0.1) is 5.56 Å². The second kappa shape index (κ2) is 5.90. The summed E-state index contributed by atoms with van der Waals surface area (Å²) in [5, 5.41) is 14.6. The fourth-order valence-corrected chi connectivity index (χ4v) is 1.62. The third-order valence-electron chi connectivity index (χ3n) is 2.84. The van der Waals surface area contributed by atoms with Crippen molar-refractivity contribution in [1.29, 1.82) is 0 Å². The number of anilines is 1. The number of pyridine rings is 1. The highest BCUT2D eigenvalue weighted by Crippen LogP contribution is 2.23. The van der Waals surface area contributed by atoms with Gasteiger partial charge >= 0.3 is 5.97 Å². The molecule has 3 N–H and O–H groups in total. The number of likely N-dealkylation sites (N-methyl/N-ethyl adjacent to an activating group) is 1. The molecule has 6 nitrogen and oxygen atoms in total. The van der Waals surface area contributed by atoms with E-state index in [-0.39, 0.29) is 16.9 Å². The summed E-state index contributed by atoms with van der Waals surface area (Å²) in [7, 11) is 1.54. The lowest BCUT2D eigenvalue weighted by Crippen LogP contribution is -2.35. The molecular weight excluding hydrogens is 258 g/mol. The quantitative estimate of drug-likeness (QED) is 0.779. The molecule has 0 aliphatic carbocycles. The van der Waals surface area contributed by atoms with E-state index in [0.29, 0.717) is 11.5 Å².